The monoisotopic (exact) mass is 346 g/mol. The Bertz CT molecular complexity index is 652. The SMILES string of the molecule is CN(C)c1ccc(CN(CC2CCCO2)C(=O)c2cnsn2)cc1. The van der Waals surface area contributed by atoms with Crippen LogP contribution in [0.1, 0.15) is 28.9 Å². The summed E-state index contributed by atoms with van der Waals surface area (Å²) in [6.45, 7) is 1.91. The minimum absolute atomic E-state index is 0.0871. The van der Waals surface area contributed by atoms with E-state index in [0.29, 0.717) is 18.8 Å². The summed E-state index contributed by atoms with van der Waals surface area (Å²) in [5.41, 5.74) is 2.64. The zero-order valence-corrected chi connectivity index (χ0v) is 14.8. The second-order valence-electron chi connectivity index (χ2n) is 6.17. The molecule has 1 unspecified atom stereocenters. The van der Waals surface area contributed by atoms with Crippen molar-refractivity contribution >= 4 is 23.3 Å². The lowest BCUT2D eigenvalue weighted by atomic mass is 10.1. The maximum Gasteiger partial charge on any atom is 0.275 e. The highest BCUT2D eigenvalue weighted by Gasteiger charge is 2.25. The molecule has 1 aliphatic heterocycles. The third-order valence-corrected chi connectivity index (χ3v) is 4.62. The summed E-state index contributed by atoms with van der Waals surface area (Å²) < 4.78 is 13.7. The molecule has 1 amide bonds. The van der Waals surface area contributed by atoms with E-state index in [0.717, 1.165) is 42.4 Å². The summed E-state index contributed by atoms with van der Waals surface area (Å²) in [5, 5.41) is 0. The summed E-state index contributed by atoms with van der Waals surface area (Å²) in [4.78, 5) is 16.6. The van der Waals surface area contributed by atoms with Gasteiger partial charge in [0, 0.05) is 39.5 Å². The van der Waals surface area contributed by atoms with Gasteiger partial charge in [-0.15, -0.1) is 0 Å². The number of rotatable bonds is 6. The molecule has 2 heterocycles. The van der Waals surface area contributed by atoms with Gasteiger partial charge in [-0.1, -0.05) is 12.1 Å². The number of carbonyl (C=O) groups is 1. The Morgan fingerprint density at radius 1 is 1.33 bits per heavy atom. The van der Waals surface area contributed by atoms with Gasteiger partial charge < -0.3 is 14.5 Å². The van der Waals surface area contributed by atoms with Crippen LogP contribution in [0.5, 0.6) is 0 Å². The van der Waals surface area contributed by atoms with Crippen LogP contribution >= 0.6 is 11.7 Å². The molecule has 6 nitrogen and oxygen atoms in total. The number of ether oxygens (including phenoxy) is 1. The fourth-order valence-corrected chi connectivity index (χ4v) is 3.20. The normalized spacial score (nSPS) is 17.0. The van der Waals surface area contributed by atoms with E-state index in [2.05, 4.69) is 37.9 Å². The molecule has 1 atom stereocenters. The molecular weight excluding hydrogens is 324 g/mol. The van der Waals surface area contributed by atoms with Crippen LogP contribution in [0, 0.1) is 0 Å². The first-order valence-electron chi connectivity index (χ1n) is 8.08. The maximum absolute atomic E-state index is 12.7. The van der Waals surface area contributed by atoms with Crippen LogP contribution in [0.15, 0.2) is 30.5 Å². The fraction of sp³-hybridized carbons (Fsp3) is 0.471. The van der Waals surface area contributed by atoms with Crippen LogP contribution < -0.4 is 4.90 Å². The lowest BCUT2D eigenvalue weighted by Gasteiger charge is -2.25. The molecule has 0 saturated carbocycles. The van der Waals surface area contributed by atoms with Crippen molar-refractivity contribution in [2.75, 3.05) is 32.1 Å². The molecule has 1 aliphatic rings. The Kier molecular flexibility index (Phi) is 5.42. The van der Waals surface area contributed by atoms with Crippen LogP contribution in [0.4, 0.5) is 5.69 Å². The molecule has 1 saturated heterocycles. The van der Waals surface area contributed by atoms with Crippen molar-refractivity contribution in [3.05, 3.63) is 41.7 Å². The Balaban J connectivity index is 1.74. The standard InChI is InChI=1S/C17H22N4O2S/c1-20(2)14-7-5-13(6-8-14)11-21(12-15-4-3-9-23-15)17(22)16-10-18-24-19-16/h5-8,10,15H,3-4,9,11-12H2,1-2H3. The first kappa shape index (κ1) is 16.9. The minimum atomic E-state index is -0.0871. The summed E-state index contributed by atoms with van der Waals surface area (Å²) in [6.07, 6.45) is 3.70. The molecule has 0 bridgehead atoms. The molecule has 1 fully saturated rings. The number of hydrogen-bond donors (Lipinski definition) is 0. The van der Waals surface area contributed by atoms with Crippen LogP contribution in [-0.2, 0) is 11.3 Å². The van der Waals surface area contributed by atoms with Crippen molar-refractivity contribution in [3.63, 3.8) is 0 Å². The molecule has 2 aromatic rings. The number of carbonyl (C=O) groups excluding carboxylic acids is 1. The van der Waals surface area contributed by atoms with E-state index >= 15 is 0 Å². The van der Waals surface area contributed by atoms with Gasteiger partial charge in [0.05, 0.1) is 24.0 Å². The van der Waals surface area contributed by atoms with Gasteiger partial charge >= 0.3 is 0 Å². The molecule has 1 aromatic heterocycles. The van der Waals surface area contributed by atoms with Crippen molar-refractivity contribution in [3.8, 4) is 0 Å². The number of benzene rings is 1. The smallest absolute Gasteiger partial charge is 0.275 e. The van der Waals surface area contributed by atoms with Gasteiger partial charge in [0.1, 0.15) is 0 Å². The summed E-state index contributed by atoms with van der Waals surface area (Å²) in [6, 6.07) is 8.25. The van der Waals surface area contributed by atoms with Crippen molar-refractivity contribution in [1.82, 2.24) is 13.6 Å². The largest absolute Gasteiger partial charge is 0.378 e. The molecule has 0 N–H and O–H groups in total. The van der Waals surface area contributed by atoms with E-state index < -0.39 is 0 Å². The molecule has 24 heavy (non-hydrogen) atoms. The number of anilines is 1. The third kappa shape index (κ3) is 4.10. The summed E-state index contributed by atoms with van der Waals surface area (Å²) in [5.74, 6) is -0.0871. The highest BCUT2D eigenvalue weighted by atomic mass is 32.1. The fourth-order valence-electron chi connectivity index (χ4n) is 2.79. The molecular formula is C17H22N4O2S. The van der Waals surface area contributed by atoms with E-state index in [1.165, 1.54) is 6.20 Å². The van der Waals surface area contributed by atoms with Gasteiger partial charge in [-0.3, -0.25) is 4.79 Å². The second-order valence-corrected chi connectivity index (χ2v) is 6.73. The molecule has 128 valence electrons. The maximum atomic E-state index is 12.7. The first-order chi connectivity index (χ1) is 11.6. The number of nitrogens with zero attached hydrogens (tertiary/aromatic N) is 4. The molecule has 3 rings (SSSR count). The van der Waals surface area contributed by atoms with E-state index in [-0.39, 0.29) is 12.0 Å². The van der Waals surface area contributed by atoms with Crippen molar-refractivity contribution < 1.29 is 9.53 Å². The van der Waals surface area contributed by atoms with Crippen LogP contribution in [0.2, 0.25) is 0 Å². The Hall–Kier alpha value is -1.99. The number of aromatic nitrogens is 2. The summed E-state index contributed by atoms with van der Waals surface area (Å²) in [7, 11) is 4.02. The Morgan fingerprint density at radius 3 is 2.71 bits per heavy atom. The van der Waals surface area contributed by atoms with Gasteiger partial charge in [0.15, 0.2) is 5.69 Å². The minimum Gasteiger partial charge on any atom is -0.378 e. The quantitative estimate of drug-likeness (QED) is 0.804. The first-order valence-corrected chi connectivity index (χ1v) is 8.81. The van der Waals surface area contributed by atoms with Gasteiger partial charge in [0.25, 0.3) is 5.91 Å². The van der Waals surface area contributed by atoms with Crippen LogP contribution in [0.25, 0.3) is 0 Å². The van der Waals surface area contributed by atoms with Crippen molar-refractivity contribution in [2.45, 2.75) is 25.5 Å². The zero-order valence-electron chi connectivity index (χ0n) is 14.0. The third-order valence-electron chi connectivity index (χ3n) is 4.14. The van der Waals surface area contributed by atoms with E-state index in [9.17, 15) is 4.79 Å². The zero-order chi connectivity index (χ0) is 16.9. The number of amides is 1. The average molecular weight is 346 g/mol. The highest BCUT2D eigenvalue weighted by molar-refractivity contribution is 6.99. The van der Waals surface area contributed by atoms with Gasteiger partial charge in [0.2, 0.25) is 0 Å². The molecule has 0 aliphatic carbocycles. The van der Waals surface area contributed by atoms with Gasteiger partial charge in [-0.2, -0.15) is 8.75 Å². The topological polar surface area (TPSA) is 58.6 Å². The Labute approximate surface area is 146 Å². The molecule has 7 heteroatoms. The van der Waals surface area contributed by atoms with E-state index in [1.807, 2.05) is 19.0 Å². The van der Waals surface area contributed by atoms with E-state index in [1.54, 1.807) is 0 Å². The predicted octanol–water partition coefficient (Wildman–Crippen LogP) is 2.43. The van der Waals surface area contributed by atoms with Crippen molar-refractivity contribution in [1.29, 1.82) is 0 Å². The lowest BCUT2D eigenvalue weighted by Crippen LogP contribution is -2.37. The van der Waals surface area contributed by atoms with E-state index in [4.69, 9.17) is 4.74 Å². The Morgan fingerprint density at radius 2 is 2.12 bits per heavy atom. The summed E-state index contributed by atoms with van der Waals surface area (Å²) >= 11 is 1.06. The van der Waals surface area contributed by atoms with Crippen LogP contribution in [0.3, 0.4) is 0 Å². The van der Waals surface area contributed by atoms with Gasteiger partial charge in [-0.05, 0) is 30.5 Å². The lowest BCUT2D eigenvalue weighted by molar-refractivity contribution is 0.0503. The molecule has 0 radical (unpaired) electrons. The highest BCUT2D eigenvalue weighted by Crippen LogP contribution is 2.18. The van der Waals surface area contributed by atoms with Gasteiger partial charge in [-0.25, -0.2) is 0 Å². The molecule has 1 aromatic carbocycles. The predicted molar refractivity (Wildman–Crippen MR) is 94.4 cm³/mol. The van der Waals surface area contributed by atoms with Crippen LogP contribution in [-0.4, -0.2) is 52.9 Å². The second kappa shape index (κ2) is 7.72. The average Bonchev–Trinajstić information content (AvgIpc) is 3.28. The number of hydrogen-bond acceptors (Lipinski definition) is 6. The molecule has 0 spiro atoms. The van der Waals surface area contributed by atoms with Crippen molar-refractivity contribution in [2.24, 2.45) is 0 Å².